The van der Waals surface area contributed by atoms with Crippen molar-refractivity contribution >= 4 is 11.6 Å². The van der Waals surface area contributed by atoms with Crippen LogP contribution < -0.4 is 0 Å². The summed E-state index contributed by atoms with van der Waals surface area (Å²) >= 11 is 5.95. The summed E-state index contributed by atoms with van der Waals surface area (Å²) in [4.78, 5) is 6.87. The van der Waals surface area contributed by atoms with Crippen LogP contribution in [0.15, 0.2) is 42.9 Å². The summed E-state index contributed by atoms with van der Waals surface area (Å²) in [5, 5.41) is 18.5. The van der Waals surface area contributed by atoms with Crippen LogP contribution in [0.5, 0.6) is 0 Å². The minimum Gasteiger partial charge on any atom is -0.387 e. The van der Waals surface area contributed by atoms with Gasteiger partial charge in [0.1, 0.15) is 11.5 Å². The van der Waals surface area contributed by atoms with Gasteiger partial charge in [-0.2, -0.15) is 0 Å². The van der Waals surface area contributed by atoms with Crippen molar-refractivity contribution in [3.8, 4) is 5.82 Å². The van der Waals surface area contributed by atoms with Crippen molar-refractivity contribution in [3.05, 3.63) is 59.3 Å². The Morgan fingerprint density at radius 1 is 1.26 bits per heavy atom. The molecule has 0 bridgehead atoms. The molecule has 7 nitrogen and oxygen atoms in total. The molecule has 3 aromatic rings. The molecule has 1 fully saturated rings. The molecule has 0 radical (unpaired) electrons. The summed E-state index contributed by atoms with van der Waals surface area (Å²) in [6.07, 6.45) is 7.03. The molecule has 0 aliphatic carbocycles. The Morgan fingerprint density at radius 2 is 2.07 bits per heavy atom. The molecule has 1 atom stereocenters. The van der Waals surface area contributed by atoms with Crippen molar-refractivity contribution in [1.29, 1.82) is 0 Å². The Morgan fingerprint density at radius 3 is 2.74 bits per heavy atom. The van der Waals surface area contributed by atoms with Gasteiger partial charge in [-0.05, 0) is 44.0 Å². The Bertz CT molecular complexity index is 880. The maximum Gasteiger partial charge on any atom is 0.136 e. The molecule has 1 aliphatic heterocycles. The SMILES string of the molecule is CC(O)c1cn(C2CCN(Cc3cccn3-c3ccc(Cl)cn3)CC2)nn1. The summed E-state index contributed by atoms with van der Waals surface area (Å²) < 4.78 is 4.01. The Labute approximate surface area is 163 Å². The number of pyridine rings is 1. The van der Waals surface area contributed by atoms with Crippen LogP contribution in [0.2, 0.25) is 5.02 Å². The smallest absolute Gasteiger partial charge is 0.136 e. The van der Waals surface area contributed by atoms with Crippen LogP contribution in [0.1, 0.15) is 43.3 Å². The summed E-state index contributed by atoms with van der Waals surface area (Å²) in [5.74, 6) is 0.877. The fraction of sp³-hybridized carbons (Fsp3) is 0.421. The number of hydrogen-bond acceptors (Lipinski definition) is 5. The molecular weight excluding hydrogens is 364 g/mol. The topological polar surface area (TPSA) is 72.0 Å². The molecule has 8 heteroatoms. The minimum atomic E-state index is -0.576. The van der Waals surface area contributed by atoms with Gasteiger partial charge in [-0.1, -0.05) is 16.8 Å². The van der Waals surface area contributed by atoms with Crippen LogP contribution in [-0.2, 0) is 6.54 Å². The quantitative estimate of drug-likeness (QED) is 0.729. The molecule has 27 heavy (non-hydrogen) atoms. The standard InChI is InChI=1S/C19H23ClN6O/c1-14(27)18-13-26(23-22-18)16-6-9-24(10-7-16)12-17-3-2-8-25(17)19-5-4-15(20)11-21-19/h2-5,8,11,13-14,16,27H,6-7,9-10,12H2,1H3. The van der Waals surface area contributed by atoms with E-state index < -0.39 is 6.10 Å². The second-order valence-electron chi connectivity index (χ2n) is 7.01. The van der Waals surface area contributed by atoms with Crippen molar-refractivity contribution in [3.63, 3.8) is 0 Å². The van der Waals surface area contributed by atoms with Crippen molar-refractivity contribution < 1.29 is 5.11 Å². The van der Waals surface area contributed by atoms with Gasteiger partial charge in [0.25, 0.3) is 0 Å². The first kappa shape index (κ1) is 18.2. The zero-order chi connectivity index (χ0) is 18.8. The molecule has 4 heterocycles. The predicted molar refractivity (Wildman–Crippen MR) is 103 cm³/mol. The van der Waals surface area contributed by atoms with Crippen molar-refractivity contribution in [2.24, 2.45) is 0 Å². The molecular formula is C19H23ClN6O. The van der Waals surface area contributed by atoms with Crippen LogP contribution in [0, 0.1) is 0 Å². The van der Waals surface area contributed by atoms with Gasteiger partial charge in [0, 0.05) is 37.7 Å². The van der Waals surface area contributed by atoms with E-state index in [0.717, 1.165) is 38.3 Å². The number of aliphatic hydroxyl groups is 1. The highest BCUT2D eigenvalue weighted by Crippen LogP contribution is 2.24. The maximum atomic E-state index is 9.62. The lowest BCUT2D eigenvalue weighted by molar-refractivity contribution is 0.169. The molecule has 1 N–H and O–H groups in total. The molecule has 1 aliphatic rings. The largest absolute Gasteiger partial charge is 0.387 e. The number of likely N-dealkylation sites (tertiary alicyclic amines) is 1. The van der Waals surface area contributed by atoms with Gasteiger partial charge in [-0.25, -0.2) is 9.67 Å². The third-order valence-corrected chi connectivity index (χ3v) is 5.29. The number of aliphatic hydroxyl groups excluding tert-OH is 1. The molecule has 0 aromatic carbocycles. The zero-order valence-corrected chi connectivity index (χ0v) is 16.0. The van der Waals surface area contributed by atoms with Gasteiger partial charge in [0.2, 0.25) is 0 Å². The third-order valence-electron chi connectivity index (χ3n) is 5.06. The third kappa shape index (κ3) is 4.05. The molecule has 4 rings (SSSR count). The summed E-state index contributed by atoms with van der Waals surface area (Å²) in [6.45, 7) is 4.57. The van der Waals surface area contributed by atoms with Crippen LogP contribution in [0.4, 0.5) is 0 Å². The van der Waals surface area contributed by atoms with E-state index in [9.17, 15) is 5.11 Å². The summed E-state index contributed by atoms with van der Waals surface area (Å²) in [5.41, 5.74) is 1.84. The van der Waals surface area contributed by atoms with Gasteiger partial charge >= 0.3 is 0 Å². The van der Waals surface area contributed by atoms with E-state index in [0.29, 0.717) is 16.8 Å². The lowest BCUT2D eigenvalue weighted by Crippen LogP contribution is -2.34. The molecule has 0 saturated carbocycles. The second-order valence-corrected chi connectivity index (χ2v) is 7.45. The van der Waals surface area contributed by atoms with E-state index in [1.54, 1.807) is 13.1 Å². The Balaban J connectivity index is 1.38. The second kappa shape index (κ2) is 7.80. The van der Waals surface area contributed by atoms with Gasteiger partial charge in [0.05, 0.1) is 23.4 Å². The maximum absolute atomic E-state index is 9.62. The number of piperidine rings is 1. The summed E-state index contributed by atoms with van der Waals surface area (Å²) in [7, 11) is 0. The molecule has 0 amide bonds. The molecule has 3 aromatic heterocycles. The molecule has 0 spiro atoms. The van der Waals surface area contributed by atoms with Crippen LogP contribution in [0.25, 0.3) is 5.82 Å². The minimum absolute atomic E-state index is 0.339. The lowest BCUT2D eigenvalue weighted by Gasteiger charge is -2.31. The fourth-order valence-electron chi connectivity index (χ4n) is 3.51. The average Bonchev–Trinajstić information content (AvgIpc) is 3.33. The van der Waals surface area contributed by atoms with E-state index in [2.05, 4.69) is 30.8 Å². The van der Waals surface area contributed by atoms with Gasteiger partial charge in [0.15, 0.2) is 0 Å². The fourth-order valence-corrected chi connectivity index (χ4v) is 3.62. The number of nitrogens with zero attached hydrogens (tertiary/aromatic N) is 6. The number of hydrogen-bond donors (Lipinski definition) is 1. The lowest BCUT2D eigenvalue weighted by atomic mass is 10.1. The van der Waals surface area contributed by atoms with E-state index in [4.69, 9.17) is 11.6 Å². The average molecular weight is 387 g/mol. The van der Waals surface area contributed by atoms with Crippen molar-refractivity contribution in [2.45, 2.75) is 38.5 Å². The van der Waals surface area contributed by atoms with Gasteiger partial charge in [-0.3, -0.25) is 4.90 Å². The van der Waals surface area contributed by atoms with E-state index in [1.165, 1.54) is 5.69 Å². The Hall–Kier alpha value is -2.22. The monoisotopic (exact) mass is 386 g/mol. The number of aromatic nitrogens is 5. The highest BCUT2D eigenvalue weighted by atomic mass is 35.5. The van der Waals surface area contributed by atoms with Crippen molar-refractivity contribution in [1.82, 2.24) is 29.4 Å². The normalized spacial score (nSPS) is 17.3. The molecule has 142 valence electrons. The van der Waals surface area contributed by atoms with Gasteiger partial charge in [-0.15, -0.1) is 5.10 Å². The first-order chi connectivity index (χ1) is 13.1. The predicted octanol–water partition coefficient (Wildman–Crippen LogP) is 3.01. The van der Waals surface area contributed by atoms with Crippen LogP contribution in [-0.4, -0.2) is 47.6 Å². The Kier molecular flexibility index (Phi) is 5.24. The molecule has 1 saturated heterocycles. The van der Waals surface area contributed by atoms with Crippen LogP contribution in [0.3, 0.4) is 0 Å². The first-order valence-corrected chi connectivity index (χ1v) is 9.58. The van der Waals surface area contributed by atoms with E-state index in [1.807, 2.05) is 35.3 Å². The number of rotatable bonds is 5. The number of halogens is 1. The zero-order valence-electron chi connectivity index (χ0n) is 15.2. The first-order valence-electron chi connectivity index (χ1n) is 9.20. The molecule has 1 unspecified atom stereocenters. The van der Waals surface area contributed by atoms with Gasteiger partial charge < -0.3 is 9.67 Å². The van der Waals surface area contributed by atoms with E-state index in [-0.39, 0.29) is 0 Å². The highest BCUT2D eigenvalue weighted by molar-refractivity contribution is 6.30. The van der Waals surface area contributed by atoms with E-state index >= 15 is 0 Å². The highest BCUT2D eigenvalue weighted by Gasteiger charge is 2.23. The van der Waals surface area contributed by atoms with Crippen molar-refractivity contribution in [2.75, 3.05) is 13.1 Å². The summed E-state index contributed by atoms with van der Waals surface area (Å²) in [6, 6.07) is 8.31. The van der Waals surface area contributed by atoms with Crippen LogP contribution >= 0.6 is 11.6 Å².